The molecule has 1 unspecified atom stereocenters. The van der Waals surface area contributed by atoms with Crippen molar-refractivity contribution >= 4 is 17.9 Å². The number of pyridine rings is 1. The molecule has 1 aromatic heterocycles. The van der Waals surface area contributed by atoms with E-state index in [1.807, 2.05) is 54.5 Å². The second-order valence-electron chi connectivity index (χ2n) is 8.44. The highest BCUT2D eigenvalue weighted by Gasteiger charge is 2.34. The van der Waals surface area contributed by atoms with Gasteiger partial charge in [-0.1, -0.05) is 0 Å². The standard InChI is InChI=1S/C21H33N3O4/c1-8-24(20(26)28-21(5,6)7)16-10-12-23(13-16)18-17(15(4)9-11-22-18)19(25)27-14(2)3/h9,11,14,16H,8,10,12-13H2,1-7H3. The maximum Gasteiger partial charge on any atom is 0.410 e. The van der Waals surface area contributed by atoms with E-state index in [0.29, 0.717) is 31.0 Å². The largest absolute Gasteiger partial charge is 0.459 e. The van der Waals surface area contributed by atoms with Crippen LogP contribution in [0.1, 0.15) is 63.9 Å². The lowest BCUT2D eigenvalue weighted by Crippen LogP contribution is -2.44. The highest BCUT2D eigenvalue weighted by molar-refractivity contribution is 5.96. The molecule has 2 heterocycles. The van der Waals surface area contributed by atoms with E-state index in [9.17, 15) is 9.59 Å². The van der Waals surface area contributed by atoms with Crippen molar-refractivity contribution in [1.82, 2.24) is 9.88 Å². The second kappa shape index (κ2) is 8.80. The molecule has 2 rings (SSSR count). The van der Waals surface area contributed by atoms with Crippen LogP contribution in [0.2, 0.25) is 0 Å². The van der Waals surface area contributed by atoms with Crippen molar-refractivity contribution in [2.45, 2.75) is 72.6 Å². The van der Waals surface area contributed by atoms with Crippen LogP contribution in [-0.2, 0) is 9.47 Å². The van der Waals surface area contributed by atoms with Gasteiger partial charge in [-0.15, -0.1) is 0 Å². The quantitative estimate of drug-likeness (QED) is 0.711. The van der Waals surface area contributed by atoms with Crippen LogP contribution >= 0.6 is 0 Å². The maximum atomic E-state index is 12.6. The fourth-order valence-corrected chi connectivity index (χ4v) is 3.35. The van der Waals surface area contributed by atoms with E-state index in [4.69, 9.17) is 9.47 Å². The first kappa shape index (κ1) is 22.0. The van der Waals surface area contributed by atoms with Gasteiger partial charge in [-0.25, -0.2) is 14.6 Å². The Morgan fingerprint density at radius 2 is 2.04 bits per heavy atom. The zero-order valence-electron chi connectivity index (χ0n) is 18.1. The zero-order valence-corrected chi connectivity index (χ0v) is 18.1. The van der Waals surface area contributed by atoms with Gasteiger partial charge in [0.2, 0.25) is 0 Å². The zero-order chi connectivity index (χ0) is 21.1. The van der Waals surface area contributed by atoms with Gasteiger partial charge in [-0.05, 0) is 66.5 Å². The van der Waals surface area contributed by atoms with E-state index < -0.39 is 5.60 Å². The van der Waals surface area contributed by atoms with Gasteiger partial charge in [-0.2, -0.15) is 0 Å². The van der Waals surface area contributed by atoms with Crippen LogP contribution in [0.15, 0.2) is 12.3 Å². The van der Waals surface area contributed by atoms with Gasteiger partial charge in [-0.3, -0.25) is 0 Å². The first-order valence-electron chi connectivity index (χ1n) is 9.94. The van der Waals surface area contributed by atoms with Gasteiger partial charge < -0.3 is 19.3 Å². The highest BCUT2D eigenvalue weighted by atomic mass is 16.6. The van der Waals surface area contributed by atoms with E-state index >= 15 is 0 Å². The minimum atomic E-state index is -0.533. The van der Waals surface area contributed by atoms with Crippen LogP contribution in [-0.4, -0.2) is 59.3 Å². The summed E-state index contributed by atoms with van der Waals surface area (Å²) in [7, 11) is 0. The lowest BCUT2D eigenvalue weighted by atomic mass is 10.1. The number of aryl methyl sites for hydroxylation is 1. The van der Waals surface area contributed by atoms with Crippen LogP contribution in [0.4, 0.5) is 10.6 Å². The van der Waals surface area contributed by atoms with E-state index in [1.165, 1.54) is 0 Å². The number of hydrogen-bond acceptors (Lipinski definition) is 6. The molecule has 1 aliphatic rings. The highest BCUT2D eigenvalue weighted by Crippen LogP contribution is 2.28. The van der Waals surface area contributed by atoms with Gasteiger partial charge in [0.05, 0.1) is 12.1 Å². The second-order valence-corrected chi connectivity index (χ2v) is 8.44. The fraction of sp³-hybridized carbons (Fsp3) is 0.667. The van der Waals surface area contributed by atoms with Gasteiger partial charge >= 0.3 is 12.1 Å². The summed E-state index contributed by atoms with van der Waals surface area (Å²) in [5.41, 5.74) is 0.796. The van der Waals surface area contributed by atoms with Crippen molar-refractivity contribution in [2.75, 3.05) is 24.5 Å². The van der Waals surface area contributed by atoms with Crippen LogP contribution in [0.5, 0.6) is 0 Å². The summed E-state index contributed by atoms with van der Waals surface area (Å²) in [5, 5.41) is 0. The molecule has 156 valence electrons. The van der Waals surface area contributed by atoms with Crippen molar-refractivity contribution in [3.8, 4) is 0 Å². The number of amides is 1. The first-order chi connectivity index (χ1) is 13.0. The molecule has 7 heteroatoms. The number of carbonyl (C=O) groups excluding carboxylic acids is 2. The number of esters is 1. The number of carbonyl (C=O) groups is 2. The van der Waals surface area contributed by atoms with E-state index in [0.717, 1.165) is 12.0 Å². The van der Waals surface area contributed by atoms with Gasteiger partial charge in [0, 0.05) is 25.8 Å². The molecule has 0 aliphatic carbocycles. The number of aromatic nitrogens is 1. The third-order valence-electron chi connectivity index (χ3n) is 4.56. The summed E-state index contributed by atoms with van der Waals surface area (Å²) in [4.78, 5) is 33.5. The molecule has 1 saturated heterocycles. The molecule has 1 aliphatic heterocycles. The Kier molecular flexibility index (Phi) is 6.91. The average molecular weight is 392 g/mol. The first-order valence-corrected chi connectivity index (χ1v) is 9.94. The molecule has 1 aromatic rings. The number of hydrogen-bond donors (Lipinski definition) is 0. The summed E-state index contributed by atoms with van der Waals surface area (Å²) in [6, 6.07) is 1.82. The predicted octanol–water partition coefficient (Wildman–Crippen LogP) is 3.79. The third kappa shape index (κ3) is 5.36. The lowest BCUT2D eigenvalue weighted by molar-refractivity contribution is 0.0190. The Hall–Kier alpha value is -2.31. The molecule has 0 spiro atoms. The Labute approximate surface area is 168 Å². The molecule has 7 nitrogen and oxygen atoms in total. The Morgan fingerprint density at radius 3 is 2.61 bits per heavy atom. The summed E-state index contributed by atoms with van der Waals surface area (Å²) < 4.78 is 11.0. The van der Waals surface area contributed by atoms with Crippen LogP contribution in [0.25, 0.3) is 0 Å². The van der Waals surface area contributed by atoms with Crippen LogP contribution in [0.3, 0.4) is 0 Å². The van der Waals surface area contributed by atoms with E-state index in [2.05, 4.69) is 9.88 Å². The maximum absolute atomic E-state index is 12.6. The topological polar surface area (TPSA) is 72.0 Å². The minimum Gasteiger partial charge on any atom is -0.459 e. The van der Waals surface area contributed by atoms with Crippen molar-refractivity contribution in [2.24, 2.45) is 0 Å². The Bertz CT molecular complexity index is 712. The van der Waals surface area contributed by atoms with Crippen LogP contribution < -0.4 is 4.90 Å². The molecular weight excluding hydrogens is 358 g/mol. The molecule has 0 radical (unpaired) electrons. The fourth-order valence-electron chi connectivity index (χ4n) is 3.35. The number of nitrogens with zero attached hydrogens (tertiary/aromatic N) is 3. The molecular formula is C21H33N3O4. The summed E-state index contributed by atoms with van der Waals surface area (Å²) >= 11 is 0. The number of rotatable bonds is 5. The Balaban J connectivity index is 2.20. The minimum absolute atomic E-state index is 0.0103. The Morgan fingerprint density at radius 1 is 1.36 bits per heavy atom. The van der Waals surface area contributed by atoms with Crippen molar-refractivity contribution in [3.05, 3.63) is 23.4 Å². The normalized spacial score (nSPS) is 17.0. The predicted molar refractivity (Wildman–Crippen MR) is 109 cm³/mol. The molecule has 0 bridgehead atoms. The summed E-state index contributed by atoms with van der Waals surface area (Å²) in [6.07, 6.45) is 1.99. The SMILES string of the molecule is CCN(C(=O)OC(C)(C)C)C1CCN(c2nccc(C)c2C(=O)OC(C)C)C1. The molecule has 1 amide bonds. The molecule has 1 fully saturated rings. The number of ether oxygens (including phenoxy) is 2. The van der Waals surface area contributed by atoms with Crippen LogP contribution in [0, 0.1) is 6.92 Å². The smallest absolute Gasteiger partial charge is 0.410 e. The molecule has 0 aromatic carbocycles. The van der Waals surface area contributed by atoms with Crippen molar-refractivity contribution in [3.63, 3.8) is 0 Å². The van der Waals surface area contributed by atoms with Crippen molar-refractivity contribution < 1.29 is 19.1 Å². The van der Waals surface area contributed by atoms with E-state index in [1.54, 1.807) is 11.1 Å². The van der Waals surface area contributed by atoms with Gasteiger partial charge in [0.25, 0.3) is 0 Å². The van der Waals surface area contributed by atoms with Gasteiger partial charge in [0.15, 0.2) is 0 Å². The van der Waals surface area contributed by atoms with Gasteiger partial charge in [0.1, 0.15) is 17.0 Å². The number of anilines is 1. The molecule has 28 heavy (non-hydrogen) atoms. The van der Waals surface area contributed by atoms with Crippen molar-refractivity contribution in [1.29, 1.82) is 0 Å². The summed E-state index contributed by atoms with van der Waals surface area (Å²) in [6.45, 7) is 15.0. The molecule has 1 atom stereocenters. The third-order valence-corrected chi connectivity index (χ3v) is 4.56. The average Bonchev–Trinajstić information content (AvgIpc) is 3.02. The molecule has 0 saturated carbocycles. The molecule has 0 N–H and O–H groups in total. The number of likely N-dealkylation sites (N-methyl/N-ethyl adjacent to an activating group) is 1. The lowest BCUT2D eigenvalue weighted by Gasteiger charge is -2.31. The van der Waals surface area contributed by atoms with E-state index in [-0.39, 0.29) is 24.2 Å². The monoisotopic (exact) mass is 391 g/mol. The summed E-state index contributed by atoms with van der Waals surface area (Å²) in [5.74, 6) is 0.256.